The van der Waals surface area contributed by atoms with Crippen molar-refractivity contribution in [3.8, 4) is 17.3 Å². The van der Waals surface area contributed by atoms with Gasteiger partial charge in [-0.25, -0.2) is 23.1 Å². The van der Waals surface area contributed by atoms with E-state index in [1.807, 2.05) is 0 Å². The summed E-state index contributed by atoms with van der Waals surface area (Å²) < 4.78 is 64.1. The molecule has 0 unspecified atom stereocenters. The summed E-state index contributed by atoms with van der Waals surface area (Å²) in [6.07, 6.45) is -1.19. The Balaban J connectivity index is 2.02. The molecule has 0 aliphatic carbocycles. The monoisotopic (exact) mass is 461 g/mol. The van der Waals surface area contributed by atoms with Gasteiger partial charge in [0.25, 0.3) is 0 Å². The van der Waals surface area contributed by atoms with E-state index in [1.165, 1.54) is 25.5 Å². The highest BCUT2D eigenvalue weighted by molar-refractivity contribution is 9.10. The molecule has 3 rings (SSSR count). The zero-order valence-electron chi connectivity index (χ0n) is 13.6. The van der Waals surface area contributed by atoms with E-state index in [4.69, 9.17) is 0 Å². The molecular formula is C15H11BrF3N5O2S. The van der Waals surface area contributed by atoms with E-state index in [-0.39, 0.29) is 28.0 Å². The third kappa shape index (κ3) is 4.00. The molecule has 0 aliphatic heterocycles. The highest BCUT2D eigenvalue weighted by Crippen LogP contribution is 2.29. The van der Waals surface area contributed by atoms with Crippen molar-refractivity contribution < 1.29 is 21.6 Å². The van der Waals surface area contributed by atoms with Crippen LogP contribution >= 0.6 is 15.9 Å². The summed E-state index contributed by atoms with van der Waals surface area (Å²) in [7, 11) is -3.60. The number of halogens is 4. The van der Waals surface area contributed by atoms with Crippen LogP contribution in [0, 0.1) is 0 Å². The molecular weight excluding hydrogens is 451 g/mol. The van der Waals surface area contributed by atoms with E-state index in [1.54, 1.807) is 0 Å². The summed E-state index contributed by atoms with van der Waals surface area (Å²) in [5.74, 6) is -0.0331. The first-order chi connectivity index (χ1) is 12.6. The van der Waals surface area contributed by atoms with Gasteiger partial charge in [0.2, 0.25) is 5.82 Å². The molecule has 0 saturated heterocycles. The lowest BCUT2D eigenvalue weighted by molar-refractivity contribution is -0.137. The van der Waals surface area contributed by atoms with Gasteiger partial charge in [0.05, 0.1) is 16.2 Å². The van der Waals surface area contributed by atoms with E-state index >= 15 is 0 Å². The van der Waals surface area contributed by atoms with E-state index in [9.17, 15) is 21.6 Å². The number of alkyl halides is 3. The maximum Gasteiger partial charge on any atom is 0.417 e. The van der Waals surface area contributed by atoms with Crippen molar-refractivity contribution in [2.24, 2.45) is 0 Å². The van der Waals surface area contributed by atoms with Gasteiger partial charge in [0.15, 0.2) is 15.7 Å². The summed E-state index contributed by atoms with van der Waals surface area (Å²) in [6, 6.07) is 3.41. The minimum atomic E-state index is -4.50. The van der Waals surface area contributed by atoms with Crippen molar-refractivity contribution >= 4 is 25.8 Å². The quantitative estimate of drug-likeness (QED) is 0.591. The van der Waals surface area contributed by atoms with Crippen LogP contribution in [0.5, 0.6) is 0 Å². The molecule has 3 aromatic rings. The lowest BCUT2D eigenvalue weighted by Crippen LogP contribution is -2.08. The Morgan fingerprint density at radius 3 is 2.48 bits per heavy atom. The molecule has 27 heavy (non-hydrogen) atoms. The molecule has 3 aromatic heterocycles. The Bertz CT molecular complexity index is 1080. The Morgan fingerprint density at radius 2 is 1.89 bits per heavy atom. The smallest absolute Gasteiger partial charge is 0.250 e. The first kappa shape index (κ1) is 19.4. The van der Waals surface area contributed by atoms with Crippen molar-refractivity contribution in [2.75, 3.05) is 5.75 Å². The highest BCUT2D eigenvalue weighted by atomic mass is 79.9. The van der Waals surface area contributed by atoms with Crippen molar-refractivity contribution in [2.45, 2.75) is 18.0 Å². The zero-order chi connectivity index (χ0) is 19.8. The molecule has 0 amide bonds. The van der Waals surface area contributed by atoms with Crippen molar-refractivity contribution in [1.82, 2.24) is 24.7 Å². The third-order valence-electron chi connectivity index (χ3n) is 3.55. The van der Waals surface area contributed by atoms with Gasteiger partial charge in [0.1, 0.15) is 12.0 Å². The molecule has 0 radical (unpaired) electrons. The molecule has 0 saturated carbocycles. The van der Waals surface area contributed by atoms with E-state index in [2.05, 4.69) is 36.0 Å². The molecule has 3 heterocycles. The molecule has 0 bridgehead atoms. The predicted molar refractivity (Wildman–Crippen MR) is 92.8 cm³/mol. The van der Waals surface area contributed by atoms with Gasteiger partial charge >= 0.3 is 6.18 Å². The maximum absolute atomic E-state index is 12.6. The fourth-order valence-corrected chi connectivity index (χ4v) is 3.69. The standard InChI is InChI=1S/C15H11BrF3N5O2S/c1-2-27(25,26)11-5-10(16)7-21-13(11)14-22-8-24(23-14)12-4-3-9(6-20-12)15(17,18)19/h3-8H,2H2,1H3. The van der Waals surface area contributed by atoms with Crippen LogP contribution in [0.15, 0.2) is 46.3 Å². The zero-order valence-corrected chi connectivity index (χ0v) is 16.0. The molecule has 0 atom stereocenters. The van der Waals surface area contributed by atoms with Crippen LogP contribution in [0.1, 0.15) is 12.5 Å². The van der Waals surface area contributed by atoms with Crippen LogP contribution < -0.4 is 0 Å². The Morgan fingerprint density at radius 1 is 1.15 bits per heavy atom. The molecule has 0 fully saturated rings. The summed E-state index contributed by atoms with van der Waals surface area (Å²) in [5.41, 5.74) is -0.844. The van der Waals surface area contributed by atoms with Crippen molar-refractivity contribution in [3.05, 3.63) is 47.0 Å². The van der Waals surface area contributed by atoms with Crippen LogP contribution in [0.25, 0.3) is 17.3 Å². The molecule has 12 heteroatoms. The van der Waals surface area contributed by atoms with E-state index < -0.39 is 21.6 Å². The summed E-state index contributed by atoms with van der Waals surface area (Å²) in [6.45, 7) is 1.50. The summed E-state index contributed by atoms with van der Waals surface area (Å²) >= 11 is 3.18. The third-order valence-corrected chi connectivity index (χ3v) is 5.72. The van der Waals surface area contributed by atoms with Crippen LogP contribution in [0.2, 0.25) is 0 Å². The van der Waals surface area contributed by atoms with Gasteiger partial charge in [-0.1, -0.05) is 6.92 Å². The number of rotatable bonds is 4. The van der Waals surface area contributed by atoms with E-state index in [0.717, 1.165) is 16.8 Å². The van der Waals surface area contributed by atoms with Crippen molar-refractivity contribution in [1.29, 1.82) is 0 Å². The number of nitrogens with zero attached hydrogens (tertiary/aromatic N) is 5. The fraction of sp³-hybridized carbons (Fsp3) is 0.200. The number of pyridine rings is 2. The number of aromatic nitrogens is 5. The fourth-order valence-electron chi connectivity index (χ4n) is 2.15. The van der Waals surface area contributed by atoms with Gasteiger partial charge in [-0.15, -0.1) is 5.10 Å². The average Bonchev–Trinajstić information content (AvgIpc) is 3.11. The van der Waals surface area contributed by atoms with Crippen LogP contribution in [-0.4, -0.2) is 38.9 Å². The van der Waals surface area contributed by atoms with Crippen LogP contribution in [0.3, 0.4) is 0 Å². The number of hydrogen-bond acceptors (Lipinski definition) is 6. The van der Waals surface area contributed by atoms with Gasteiger partial charge in [-0.3, -0.25) is 4.98 Å². The highest BCUT2D eigenvalue weighted by Gasteiger charge is 2.30. The first-order valence-electron chi connectivity index (χ1n) is 7.46. The molecule has 0 aliphatic rings. The normalized spacial score (nSPS) is 12.3. The number of sulfone groups is 1. The average molecular weight is 462 g/mol. The Labute approximate surface area is 160 Å². The summed E-state index contributed by atoms with van der Waals surface area (Å²) in [4.78, 5) is 11.8. The lowest BCUT2D eigenvalue weighted by Gasteiger charge is -2.07. The second kappa shape index (κ2) is 7.00. The SMILES string of the molecule is CCS(=O)(=O)c1cc(Br)cnc1-c1ncn(-c2ccc(C(F)(F)F)cn2)n1. The van der Waals surface area contributed by atoms with Gasteiger partial charge in [0, 0.05) is 16.9 Å². The molecule has 142 valence electrons. The topological polar surface area (TPSA) is 90.6 Å². The van der Waals surface area contributed by atoms with Crippen molar-refractivity contribution in [3.63, 3.8) is 0 Å². The molecule has 0 aromatic carbocycles. The number of hydrogen-bond donors (Lipinski definition) is 0. The Hall–Kier alpha value is -2.34. The first-order valence-corrected chi connectivity index (χ1v) is 9.90. The Kier molecular flexibility index (Phi) is 5.04. The minimum Gasteiger partial charge on any atom is -0.250 e. The maximum atomic E-state index is 12.6. The second-order valence-electron chi connectivity index (χ2n) is 5.32. The van der Waals surface area contributed by atoms with Gasteiger partial charge < -0.3 is 0 Å². The molecule has 0 N–H and O–H groups in total. The predicted octanol–water partition coefficient (Wildman–Crippen LogP) is 3.30. The van der Waals surface area contributed by atoms with Gasteiger partial charge in [-0.05, 0) is 34.1 Å². The minimum absolute atomic E-state index is 0.0104. The van der Waals surface area contributed by atoms with E-state index in [0.29, 0.717) is 10.7 Å². The molecule has 0 spiro atoms. The summed E-state index contributed by atoms with van der Waals surface area (Å²) in [5, 5.41) is 4.10. The van der Waals surface area contributed by atoms with Crippen LogP contribution in [0.4, 0.5) is 13.2 Å². The van der Waals surface area contributed by atoms with Crippen LogP contribution in [-0.2, 0) is 16.0 Å². The lowest BCUT2D eigenvalue weighted by atomic mass is 10.3. The largest absolute Gasteiger partial charge is 0.417 e. The van der Waals surface area contributed by atoms with Gasteiger partial charge in [-0.2, -0.15) is 13.2 Å². The molecule has 7 nitrogen and oxygen atoms in total. The second-order valence-corrected chi connectivity index (χ2v) is 8.48.